The quantitative estimate of drug-likeness (QED) is 0.833. The molecule has 1 aromatic rings. The third kappa shape index (κ3) is 3.33. The van der Waals surface area contributed by atoms with Crippen LogP contribution in [0.15, 0.2) is 12.3 Å². The van der Waals surface area contributed by atoms with Crippen molar-refractivity contribution in [2.45, 2.75) is 12.8 Å². The van der Waals surface area contributed by atoms with Gasteiger partial charge in [0, 0.05) is 39.0 Å². The van der Waals surface area contributed by atoms with E-state index in [1.54, 1.807) is 0 Å². The Morgan fingerprint density at radius 1 is 1.36 bits per heavy atom. The number of pyridine rings is 1. The first kappa shape index (κ1) is 15.5. The van der Waals surface area contributed by atoms with Gasteiger partial charge in [-0.15, -0.1) is 0 Å². The van der Waals surface area contributed by atoms with Crippen LogP contribution in [0.25, 0.3) is 0 Å². The van der Waals surface area contributed by atoms with Crippen LogP contribution in [0.3, 0.4) is 0 Å². The molecule has 2 saturated heterocycles. The van der Waals surface area contributed by atoms with Crippen molar-refractivity contribution >= 4 is 23.3 Å². The summed E-state index contributed by atoms with van der Waals surface area (Å²) in [5, 5.41) is 0.286. The standard InChI is InChI=1S/C15H19ClFN3O2/c16-12-8-13(17)14(18-9-12)19-3-1-4-20(6-5-19)15(21)11-2-7-22-10-11/h8-9,11H,1-7,10H2. The normalized spacial score (nSPS) is 22.7. The average Bonchev–Trinajstić information content (AvgIpc) is 2.92. The summed E-state index contributed by atoms with van der Waals surface area (Å²) in [6.07, 6.45) is 3.04. The van der Waals surface area contributed by atoms with E-state index < -0.39 is 5.82 Å². The van der Waals surface area contributed by atoms with E-state index in [0.717, 1.165) is 12.8 Å². The number of carbonyl (C=O) groups is 1. The minimum absolute atomic E-state index is 0.0167. The lowest BCUT2D eigenvalue weighted by Gasteiger charge is -2.24. The number of ether oxygens (including phenoxy) is 1. The highest BCUT2D eigenvalue weighted by Crippen LogP contribution is 2.22. The average molecular weight is 328 g/mol. The van der Waals surface area contributed by atoms with Gasteiger partial charge in [-0.3, -0.25) is 4.79 Å². The second kappa shape index (κ2) is 6.79. The SMILES string of the molecule is O=C(C1CCOC1)N1CCCN(c2ncc(Cl)cc2F)CC1. The van der Waals surface area contributed by atoms with E-state index in [-0.39, 0.29) is 16.8 Å². The minimum atomic E-state index is -0.420. The first-order valence-electron chi connectivity index (χ1n) is 7.57. The largest absolute Gasteiger partial charge is 0.381 e. The van der Waals surface area contributed by atoms with Crippen molar-refractivity contribution in [2.24, 2.45) is 5.92 Å². The molecule has 0 N–H and O–H groups in total. The van der Waals surface area contributed by atoms with Crippen molar-refractivity contribution in [1.82, 2.24) is 9.88 Å². The molecule has 7 heteroatoms. The van der Waals surface area contributed by atoms with Crippen LogP contribution in [0.1, 0.15) is 12.8 Å². The first-order chi connectivity index (χ1) is 10.6. The highest BCUT2D eigenvalue weighted by atomic mass is 35.5. The molecule has 0 bridgehead atoms. The lowest BCUT2D eigenvalue weighted by molar-refractivity contribution is -0.135. The Kier molecular flexibility index (Phi) is 4.78. The fraction of sp³-hybridized carbons (Fsp3) is 0.600. The van der Waals surface area contributed by atoms with Crippen molar-refractivity contribution in [3.05, 3.63) is 23.1 Å². The van der Waals surface area contributed by atoms with E-state index >= 15 is 0 Å². The molecule has 5 nitrogen and oxygen atoms in total. The van der Waals surface area contributed by atoms with Gasteiger partial charge in [0.15, 0.2) is 11.6 Å². The molecular weight excluding hydrogens is 309 g/mol. The number of hydrogen-bond acceptors (Lipinski definition) is 4. The molecule has 1 unspecified atom stereocenters. The molecule has 0 aliphatic carbocycles. The van der Waals surface area contributed by atoms with Crippen molar-refractivity contribution < 1.29 is 13.9 Å². The fourth-order valence-corrected chi connectivity index (χ4v) is 3.12. The van der Waals surface area contributed by atoms with Crippen LogP contribution in [0.4, 0.5) is 10.2 Å². The number of rotatable bonds is 2. The van der Waals surface area contributed by atoms with Crippen LogP contribution in [-0.2, 0) is 9.53 Å². The summed E-state index contributed by atoms with van der Waals surface area (Å²) in [5.41, 5.74) is 0. The Labute approximate surface area is 134 Å². The number of halogens is 2. The predicted octanol–water partition coefficient (Wildman–Crippen LogP) is 1.95. The molecule has 120 valence electrons. The molecule has 3 rings (SSSR count). The first-order valence-corrected chi connectivity index (χ1v) is 7.95. The number of amides is 1. The highest BCUT2D eigenvalue weighted by Gasteiger charge is 2.29. The van der Waals surface area contributed by atoms with E-state index in [9.17, 15) is 9.18 Å². The van der Waals surface area contributed by atoms with Gasteiger partial charge in [-0.05, 0) is 18.9 Å². The Morgan fingerprint density at radius 3 is 2.95 bits per heavy atom. The van der Waals surface area contributed by atoms with Crippen LogP contribution < -0.4 is 4.90 Å². The lowest BCUT2D eigenvalue weighted by Crippen LogP contribution is -2.39. The van der Waals surface area contributed by atoms with Crippen LogP contribution in [-0.4, -0.2) is 55.2 Å². The van der Waals surface area contributed by atoms with Gasteiger partial charge in [-0.1, -0.05) is 11.6 Å². The highest BCUT2D eigenvalue weighted by molar-refractivity contribution is 6.30. The monoisotopic (exact) mass is 327 g/mol. The summed E-state index contributed by atoms with van der Waals surface area (Å²) in [4.78, 5) is 20.3. The molecule has 22 heavy (non-hydrogen) atoms. The van der Waals surface area contributed by atoms with E-state index in [2.05, 4.69) is 4.98 Å². The number of anilines is 1. The van der Waals surface area contributed by atoms with E-state index in [4.69, 9.17) is 16.3 Å². The van der Waals surface area contributed by atoms with Crippen LogP contribution >= 0.6 is 11.6 Å². The predicted molar refractivity (Wildman–Crippen MR) is 81.5 cm³/mol. The van der Waals surface area contributed by atoms with E-state index in [1.165, 1.54) is 12.3 Å². The van der Waals surface area contributed by atoms with Gasteiger partial charge >= 0.3 is 0 Å². The van der Waals surface area contributed by atoms with Crippen molar-refractivity contribution in [3.63, 3.8) is 0 Å². The summed E-state index contributed by atoms with van der Waals surface area (Å²) in [6.45, 7) is 3.71. The molecule has 0 saturated carbocycles. The maximum atomic E-state index is 14.0. The molecule has 1 atom stereocenters. The molecule has 1 amide bonds. The number of nitrogens with zero attached hydrogens (tertiary/aromatic N) is 3. The topological polar surface area (TPSA) is 45.7 Å². The van der Waals surface area contributed by atoms with E-state index in [1.807, 2.05) is 9.80 Å². The zero-order valence-corrected chi connectivity index (χ0v) is 13.1. The zero-order valence-electron chi connectivity index (χ0n) is 12.3. The van der Waals surface area contributed by atoms with Crippen LogP contribution in [0, 0.1) is 11.7 Å². The number of carbonyl (C=O) groups excluding carboxylic acids is 1. The van der Waals surface area contributed by atoms with Crippen molar-refractivity contribution in [1.29, 1.82) is 0 Å². The zero-order chi connectivity index (χ0) is 15.5. The maximum absolute atomic E-state index is 14.0. The summed E-state index contributed by atoms with van der Waals surface area (Å²) in [6, 6.07) is 1.27. The smallest absolute Gasteiger partial charge is 0.228 e. The van der Waals surface area contributed by atoms with Gasteiger partial charge in [-0.2, -0.15) is 0 Å². The molecule has 0 radical (unpaired) electrons. The fourth-order valence-electron chi connectivity index (χ4n) is 2.98. The molecule has 0 aromatic carbocycles. The van der Waals surface area contributed by atoms with Crippen molar-refractivity contribution in [2.75, 3.05) is 44.3 Å². The third-order valence-corrected chi connectivity index (χ3v) is 4.38. The molecule has 2 aliphatic rings. The van der Waals surface area contributed by atoms with Gasteiger partial charge in [0.25, 0.3) is 0 Å². The second-order valence-electron chi connectivity index (χ2n) is 5.69. The van der Waals surface area contributed by atoms with E-state index in [0.29, 0.717) is 45.2 Å². The Bertz CT molecular complexity index is 552. The van der Waals surface area contributed by atoms with Crippen LogP contribution in [0.2, 0.25) is 5.02 Å². The molecule has 2 fully saturated rings. The second-order valence-corrected chi connectivity index (χ2v) is 6.12. The van der Waals surface area contributed by atoms with Crippen molar-refractivity contribution in [3.8, 4) is 0 Å². The number of hydrogen-bond donors (Lipinski definition) is 0. The summed E-state index contributed by atoms with van der Waals surface area (Å²) in [7, 11) is 0. The van der Waals surface area contributed by atoms with Gasteiger partial charge in [0.1, 0.15) is 0 Å². The maximum Gasteiger partial charge on any atom is 0.228 e. The number of aromatic nitrogens is 1. The molecule has 3 heterocycles. The molecule has 1 aromatic heterocycles. The Morgan fingerprint density at radius 2 is 2.23 bits per heavy atom. The summed E-state index contributed by atoms with van der Waals surface area (Å²) < 4.78 is 19.3. The van der Waals surface area contributed by atoms with Crippen LogP contribution in [0.5, 0.6) is 0 Å². The minimum Gasteiger partial charge on any atom is -0.381 e. The molecule has 2 aliphatic heterocycles. The lowest BCUT2D eigenvalue weighted by atomic mass is 10.1. The summed E-state index contributed by atoms with van der Waals surface area (Å²) >= 11 is 5.74. The van der Waals surface area contributed by atoms with Gasteiger partial charge in [0.05, 0.1) is 17.5 Å². The molecular formula is C15H19ClFN3O2. The van der Waals surface area contributed by atoms with Gasteiger partial charge in [0.2, 0.25) is 5.91 Å². The third-order valence-electron chi connectivity index (χ3n) is 4.17. The summed E-state index contributed by atoms with van der Waals surface area (Å²) in [5.74, 6) is 0.0280. The van der Waals surface area contributed by atoms with Gasteiger partial charge in [-0.25, -0.2) is 9.37 Å². The molecule has 0 spiro atoms. The van der Waals surface area contributed by atoms with Gasteiger partial charge < -0.3 is 14.5 Å². The Hall–Kier alpha value is -1.40. The Balaban J connectivity index is 1.65.